The maximum atomic E-state index is 13.1. The number of allylic oxidation sites excluding steroid dienone is 3. The zero-order chi connectivity index (χ0) is 25.6. The number of carbonyl (C=O) groups excluding carboxylic acids is 2. The summed E-state index contributed by atoms with van der Waals surface area (Å²) in [5.74, 6) is -0.591. The number of amides is 2. The van der Waals surface area contributed by atoms with Gasteiger partial charge in [0.2, 0.25) is 9.84 Å². The van der Waals surface area contributed by atoms with Gasteiger partial charge in [-0.05, 0) is 57.2 Å². The Bertz CT molecular complexity index is 1400. The van der Waals surface area contributed by atoms with Crippen molar-refractivity contribution >= 4 is 32.6 Å². The number of hydrogen-bond donors (Lipinski definition) is 2. The molecule has 2 heterocycles. The van der Waals surface area contributed by atoms with Gasteiger partial charge in [0.05, 0.1) is 16.0 Å². The standard InChI is InChI=1S/C26H27N3O5S/c1-5-21(35(32,33)22-8-6-7-20(13-22)25(30)29-17(2)3)10-9-18(4)15-28-26(31)23-14-19-11-12-27-16-24(19)34-23/h5-14,16-17H,1,15H2,2-4H3,(H,28,31)(H,29,30)/b18-9+,21-10+. The van der Waals surface area contributed by atoms with Crippen LogP contribution in [0.2, 0.25) is 0 Å². The Morgan fingerprint density at radius 1 is 1.14 bits per heavy atom. The predicted molar refractivity (Wildman–Crippen MR) is 135 cm³/mol. The molecule has 0 unspecified atom stereocenters. The topological polar surface area (TPSA) is 118 Å². The Hall–Kier alpha value is -3.98. The van der Waals surface area contributed by atoms with Gasteiger partial charge in [-0.3, -0.25) is 14.6 Å². The second-order valence-electron chi connectivity index (χ2n) is 8.15. The first-order valence-electron chi connectivity index (χ1n) is 10.9. The number of benzene rings is 1. The summed E-state index contributed by atoms with van der Waals surface area (Å²) >= 11 is 0. The van der Waals surface area contributed by atoms with Crippen molar-refractivity contribution in [3.8, 4) is 0 Å². The van der Waals surface area contributed by atoms with Crippen LogP contribution in [0.5, 0.6) is 0 Å². The minimum Gasteiger partial charge on any atom is -0.449 e. The molecule has 2 amide bonds. The van der Waals surface area contributed by atoms with Crippen molar-refractivity contribution in [2.75, 3.05) is 6.54 Å². The molecule has 2 N–H and O–H groups in total. The Balaban J connectivity index is 1.73. The normalized spacial score (nSPS) is 12.6. The molecule has 0 aliphatic carbocycles. The van der Waals surface area contributed by atoms with Gasteiger partial charge < -0.3 is 15.1 Å². The number of nitrogens with one attached hydrogen (secondary N) is 2. The lowest BCUT2D eigenvalue weighted by Gasteiger charge is -2.10. The third-order valence-corrected chi connectivity index (χ3v) is 6.74. The van der Waals surface area contributed by atoms with E-state index in [2.05, 4.69) is 22.2 Å². The van der Waals surface area contributed by atoms with Gasteiger partial charge in [0.25, 0.3) is 11.8 Å². The van der Waals surface area contributed by atoms with Gasteiger partial charge in [-0.1, -0.05) is 30.4 Å². The minimum atomic E-state index is -3.91. The van der Waals surface area contributed by atoms with Crippen molar-refractivity contribution < 1.29 is 22.4 Å². The molecule has 3 rings (SSSR count). The summed E-state index contributed by atoms with van der Waals surface area (Å²) in [6, 6.07) is 9.14. The maximum Gasteiger partial charge on any atom is 0.287 e. The van der Waals surface area contributed by atoms with Crippen LogP contribution in [0.3, 0.4) is 0 Å². The number of pyridine rings is 1. The van der Waals surface area contributed by atoms with Crippen LogP contribution >= 0.6 is 0 Å². The summed E-state index contributed by atoms with van der Waals surface area (Å²) in [6.07, 6.45) is 7.39. The van der Waals surface area contributed by atoms with Crippen LogP contribution in [0.15, 0.2) is 93.4 Å². The van der Waals surface area contributed by atoms with Crippen molar-refractivity contribution in [2.45, 2.75) is 31.7 Å². The summed E-state index contributed by atoms with van der Waals surface area (Å²) in [4.78, 5) is 28.6. The van der Waals surface area contributed by atoms with E-state index in [-0.39, 0.29) is 39.6 Å². The SMILES string of the molecule is C=C/C(=C\C=C(/C)CNC(=O)c1cc2ccncc2o1)S(=O)(=O)c1cccc(C(=O)NC(C)C)c1. The van der Waals surface area contributed by atoms with E-state index in [1.807, 2.05) is 13.8 Å². The average Bonchev–Trinajstić information content (AvgIpc) is 3.27. The smallest absolute Gasteiger partial charge is 0.287 e. The quantitative estimate of drug-likeness (QED) is 0.432. The van der Waals surface area contributed by atoms with Gasteiger partial charge in [0.1, 0.15) is 0 Å². The first-order valence-corrected chi connectivity index (χ1v) is 12.4. The first-order chi connectivity index (χ1) is 16.6. The largest absolute Gasteiger partial charge is 0.449 e. The van der Waals surface area contributed by atoms with Gasteiger partial charge in [0, 0.05) is 29.7 Å². The third kappa shape index (κ3) is 6.33. The first kappa shape index (κ1) is 25.6. The molecule has 9 heteroatoms. The van der Waals surface area contributed by atoms with E-state index in [1.165, 1.54) is 36.5 Å². The Labute approximate surface area is 204 Å². The lowest BCUT2D eigenvalue weighted by Crippen LogP contribution is -2.30. The number of fused-ring (bicyclic) bond motifs is 1. The van der Waals surface area contributed by atoms with Crippen LogP contribution in [-0.4, -0.2) is 37.8 Å². The Morgan fingerprint density at radius 3 is 2.60 bits per heavy atom. The molecule has 0 fully saturated rings. The van der Waals surface area contributed by atoms with E-state index < -0.39 is 15.7 Å². The number of rotatable bonds is 9. The number of sulfone groups is 1. The van der Waals surface area contributed by atoms with Crippen molar-refractivity contribution in [3.63, 3.8) is 0 Å². The van der Waals surface area contributed by atoms with E-state index in [0.29, 0.717) is 11.2 Å². The molecule has 0 aliphatic rings. The third-order valence-electron chi connectivity index (χ3n) is 4.94. The van der Waals surface area contributed by atoms with Gasteiger partial charge >= 0.3 is 0 Å². The van der Waals surface area contributed by atoms with Crippen LogP contribution in [0, 0.1) is 0 Å². The summed E-state index contributed by atoms with van der Waals surface area (Å²) in [6.45, 7) is 9.20. The Kier molecular flexibility index (Phi) is 8.03. The summed E-state index contributed by atoms with van der Waals surface area (Å²) in [5.41, 5.74) is 1.47. The second-order valence-corrected chi connectivity index (χ2v) is 10.1. The molecule has 0 saturated heterocycles. The van der Waals surface area contributed by atoms with Gasteiger partial charge in [-0.2, -0.15) is 0 Å². The lowest BCUT2D eigenvalue weighted by atomic mass is 10.2. The summed E-state index contributed by atoms with van der Waals surface area (Å²) in [5, 5.41) is 6.25. The fourth-order valence-electron chi connectivity index (χ4n) is 3.14. The summed E-state index contributed by atoms with van der Waals surface area (Å²) in [7, 11) is -3.91. The van der Waals surface area contributed by atoms with Gasteiger partial charge in [-0.15, -0.1) is 0 Å². The van der Waals surface area contributed by atoms with Crippen molar-refractivity contribution in [1.82, 2.24) is 15.6 Å². The van der Waals surface area contributed by atoms with E-state index in [4.69, 9.17) is 4.42 Å². The number of aromatic nitrogens is 1. The van der Waals surface area contributed by atoms with Crippen molar-refractivity contribution in [3.05, 3.63) is 95.4 Å². The van der Waals surface area contributed by atoms with Crippen LogP contribution in [0.1, 0.15) is 41.7 Å². The molecule has 0 spiro atoms. The van der Waals surface area contributed by atoms with Crippen molar-refractivity contribution in [2.24, 2.45) is 0 Å². The number of hydrogen-bond acceptors (Lipinski definition) is 6. The highest BCUT2D eigenvalue weighted by Gasteiger charge is 2.20. The van der Waals surface area contributed by atoms with Gasteiger partial charge in [-0.25, -0.2) is 8.42 Å². The molecule has 35 heavy (non-hydrogen) atoms. The molecule has 1 aromatic carbocycles. The van der Waals surface area contributed by atoms with Crippen molar-refractivity contribution in [1.29, 1.82) is 0 Å². The molecule has 2 aromatic heterocycles. The predicted octanol–water partition coefficient (Wildman–Crippen LogP) is 4.19. The molecule has 0 aliphatic heterocycles. The molecule has 0 radical (unpaired) electrons. The molecule has 8 nitrogen and oxygen atoms in total. The monoisotopic (exact) mass is 493 g/mol. The number of nitrogens with zero attached hydrogens (tertiary/aromatic N) is 1. The minimum absolute atomic E-state index is 0.0150. The molecular weight excluding hydrogens is 466 g/mol. The average molecular weight is 494 g/mol. The highest BCUT2D eigenvalue weighted by molar-refractivity contribution is 7.95. The van der Waals surface area contributed by atoms with Crippen LogP contribution in [-0.2, 0) is 9.84 Å². The fourth-order valence-corrected chi connectivity index (χ4v) is 4.42. The highest BCUT2D eigenvalue weighted by atomic mass is 32.2. The molecule has 0 atom stereocenters. The molecule has 3 aromatic rings. The highest BCUT2D eigenvalue weighted by Crippen LogP contribution is 2.22. The lowest BCUT2D eigenvalue weighted by molar-refractivity contribution is 0.0927. The molecule has 182 valence electrons. The maximum absolute atomic E-state index is 13.1. The zero-order valence-electron chi connectivity index (χ0n) is 19.7. The van der Waals surface area contributed by atoms with Crippen LogP contribution in [0.4, 0.5) is 0 Å². The second kappa shape index (κ2) is 11.0. The number of furan rings is 1. The zero-order valence-corrected chi connectivity index (χ0v) is 20.6. The van der Waals surface area contributed by atoms with E-state index in [9.17, 15) is 18.0 Å². The van der Waals surface area contributed by atoms with E-state index >= 15 is 0 Å². The van der Waals surface area contributed by atoms with E-state index in [0.717, 1.165) is 5.39 Å². The Morgan fingerprint density at radius 2 is 1.91 bits per heavy atom. The molecular formula is C26H27N3O5S. The number of carbonyl (C=O) groups is 2. The van der Waals surface area contributed by atoms with Crippen LogP contribution < -0.4 is 10.6 Å². The van der Waals surface area contributed by atoms with E-state index in [1.54, 1.807) is 37.4 Å². The fraction of sp³-hybridized carbons (Fsp3) is 0.192. The van der Waals surface area contributed by atoms with Gasteiger partial charge in [0.15, 0.2) is 11.3 Å². The molecule has 0 saturated carbocycles. The van der Waals surface area contributed by atoms with Crippen LogP contribution in [0.25, 0.3) is 11.0 Å². The molecule has 0 bridgehead atoms. The summed E-state index contributed by atoms with van der Waals surface area (Å²) < 4.78 is 31.7.